The van der Waals surface area contributed by atoms with Crippen LogP contribution in [0, 0.1) is 0 Å². The first kappa shape index (κ1) is 12.3. The van der Waals surface area contributed by atoms with Crippen molar-refractivity contribution in [2.75, 3.05) is 16.6 Å². The minimum atomic E-state index is 0. The van der Waals surface area contributed by atoms with Crippen LogP contribution in [0.5, 0.6) is 0 Å². The molecule has 58 valence electrons. The summed E-state index contributed by atoms with van der Waals surface area (Å²) in [6, 6.07) is 0. The van der Waals surface area contributed by atoms with Crippen LogP contribution in [0.2, 0.25) is 0 Å². The van der Waals surface area contributed by atoms with Crippen molar-refractivity contribution in [3.63, 3.8) is 0 Å². The van der Waals surface area contributed by atoms with E-state index in [2.05, 4.69) is 23.5 Å². The van der Waals surface area contributed by atoms with E-state index >= 15 is 0 Å². The van der Waals surface area contributed by atoms with Crippen LogP contribution < -0.4 is 0 Å². The smallest absolute Gasteiger partial charge is 0.0392 e. The largest absolute Gasteiger partial charge is 0.412 e. The molecule has 1 nitrogen and oxygen atoms in total. The summed E-state index contributed by atoms with van der Waals surface area (Å²) in [6.07, 6.45) is 1.43. The summed E-state index contributed by atoms with van der Waals surface area (Å²) < 4.78 is 0. The molecule has 0 radical (unpaired) electrons. The van der Waals surface area contributed by atoms with Gasteiger partial charge in [0.1, 0.15) is 0 Å². The van der Waals surface area contributed by atoms with Crippen LogP contribution >= 0.6 is 23.5 Å². The van der Waals surface area contributed by atoms with Gasteiger partial charge in [-0.25, -0.2) is 0 Å². The average molecular weight is 168 g/mol. The lowest BCUT2D eigenvalue weighted by atomic mass is 10.6. The molecule has 1 rings (SSSR count). The molecule has 0 saturated carbocycles. The van der Waals surface area contributed by atoms with E-state index in [-0.39, 0.29) is 5.48 Å². The van der Waals surface area contributed by atoms with Gasteiger partial charge in [0.05, 0.1) is 0 Å². The Balaban J connectivity index is 0. The standard InChI is InChI=1S/C4H8S2.C2H6.H2O/c1-2-5-4-6-3-1;1-2;/h1-4H2;1-2H3;1H2. The quantitative estimate of drug-likeness (QED) is 0.554. The second-order valence-electron chi connectivity index (χ2n) is 1.29. The van der Waals surface area contributed by atoms with E-state index in [1.165, 1.54) is 23.0 Å². The maximum Gasteiger partial charge on any atom is 0.0392 e. The highest BCUT2D eigenvalue weighted by molar-refractivity contribution is 8.16. The zero-order valence-electron chi connectivity index (χ0n) is 6.14. The van der Waals surface area contributed by atoms with E-state index in [4.69, 9.17) is 0 Å². The molecule has 9 heavy (non-hydrogen) atoms. The van der Waals surface area contributed by atoms with Gasteiger partial charge >= 0.3 is 0 Å². The molecule has 1 heterocycles. The van der Waals surface area contributed by atoms with Gasteiger partial charge in [-0.05, 0) is 17.9 Å². The van der Waals surface area contributed by atoms with E-state index in [9.17, 15) is 0 Å². The third kappa shape index (κ3) is 8.66. The van der Waals surface area contributed by atoms with Gasteiger partial charge in [0.2, 0.25) is 0 Å². The fraction of sp³-hybridized carbons (Fsp3) is 1.00. The first-order chi connectivity index (χ1) is 4.00. The van der Waals surface area contributed by atoms with Gasteiger partial charge < -0.3 is 5.48 Å². The van der Waals surface area contributed by atoms with Gasteiger partial charge in [0.25, 0.3) is 0 Å². The fourth-order valence-electron chi connectivity index (χ4n) is 0.440. The minimum absolute atomic E-state index is 0. The molecule has 0 atom stereocenters. The molecule has 2 N–H and O–H groups in total. The van der Waals surface area contributed by atoms with E-state index in [1.807, 2.05) is 13.8 Å². The first-order valence-corrected chi connectivity index (χ1v) is 5.46. The zero-order valence-corrected chi connectivity index (χ0v) is 7.78. The Labute approximate surface area is 66.3 Å². The summed E-state index contributed by atoms with van der Waals surface area (Å²) >= 11 is 4.12. The van der Waals surface area contributed by atoms with Gasteiger partial charge in [-0.15, -0.1) is 0 Å². The molecule has 0 spiro atoms. The number of rotatable bonds is 0. The Morgan fingerprint density at radius 3 is 1.56 bits per heavy atom. The van der Waals surface area contributed by atoms with Crippen LogP contribution in [0.4, 0.5) is 0 Å². The lowest BCUT2D eigenvalue weighted by Gasteiger charge is -2.05. The molecule has 1 saturated heterocycles. The summed E-state index contributed by atoms with van der Waals surface area (Å²) in [4.78, 5) is 0. The summed E-state index contributed by atoms with van der Waals surface area (Å²) in [7, 11) is 0. The molecule has 0 aliphatic carbocycles. The Morgan fingerprint density at radius 2 is 1.44 bits per heavy atom. The Bertz CT molecular complexity index is 26.5. The van der Waals surface area contributed by atoms with Crippen molar-refractivity contribution in [1.82, 2.24) is 0 Å². The highest BCUT2D eigenvalue weighted by Crippen LogP contribution is 2.19. The summed E-state index contributed by atoms with van der Waals surface area (Å²) in [6.45, 7) is 4.00. The van der Waals surface area contributed by atoms with Gasteiger partial charge in [0, 0.05) is 5.08 Å². The Kier molecular flexibility index (Phi) is 15.7. The molecule has 0 unspecified atom stereocenters. The van der Waals surface area contributed by atoms with Crippen LogP contribution in [0.15, 0.2) is 0 Å². The maximum absolute atomic E-state index is 2.06. The van der Waals surface area contributed by atoms with E-state index in [0.29, 0.717) is 0 Å². The van der Waals surface area contributed by atoms with E-state index in [0.717, 1.165) is 0 Å². The molecule has 0 amide bonds. The molecule has 1 fully saturated rings. The van der Waals surface area contributed by atoms with Crippen molar-refractivity contribution in [1.29, 1.82) is 0 Å². The molecule has 0 bridgehead atoms. The van der Waals surface area contributed by atoms with Gasteiger partial charge in [0.15, 0.2) is 0 Å². The molecular weight excluding hydrogens is 152 g/mol. The molecule has 0 aromatic rings. The molecule has 0 aromatic carbocycles. The van der Waals surface area contributed by atoms with Crippen LogP contribution in [0.3, 0.4) is 0 Å². The van der Waals surface area contributed by atoms with Crippen molar-refractivity contribution < 1.29 is 5.48 Å². The van der Waals surface area contributed by atoms with Gasteiger partial charge in [-0.1, -0.05) is 13.8 Å². The second-order valence-corrected chi connectivity index (χ2v) is 3.86. The van der Waals surface area contributed by atoms with Crippen molar-refractivity contribution in [3.05, 3.63) is 0 Å². The van der Waals surface area contributed by atoms with E-state index in [1.54, 1.807) is 0 Å². The SMILES string of the molecule is C1CSCSC1.CC.O. The summed E-state index contributed by atoms with van der Waals surface area (Å²) in [5.74, 6) is 2.79. The topological polar surface area (TPSA) is 31.5 Å². The predicted molar refractivity (Wildman–Crippen MR) is 49.4 cm³/mol. The third-order valence-electron chi connectivity index (χ3n) is 0.744. The van der Waals surface area contributed by atoms with Crippen LogP contribution in [-0.2, 0) is 0 Å². The van der Waals surface area contributed by atoms with Gasteiger partial charge in [-0.3, -0.25) is 0 Å². The predicted octanol–water partition coefficient (Wildman–Crippen LogP) is 2.02. The summed E-state index contributed by atoms with van der Waals surface area (Å²) in [5, 5.41) is 1.33. The highest BCUT2D eigenvalue weighted by atomic mass is 32.2. The average Bonchev–Trinajstić information content (AvgIpc) is 1.96. The molecule has 1 aliphatic rings. The van der Waals surface area contributed by atoms with Crippen molar-refractivity contribution in [2.45, 2.75) is 20.3 Å². The normalized spacial score (nSPS) is 16.7. The monoisotopic (exact) mass is 168 g/mol. The number of hydrogen-bond donors (Lipinski definition) is 0. The van der Waals surface area contributed by atoms with Crippen LogP contribution in [0.1, 0.15) is 20.3 Å². The number of thioether (sulfide) groups is 2. The lowest BCUT2D eigenvalue weighted by Crippen LogP contribution is -1.90. The Morgan fingerprint density at radius 1 is 1.00 bits per heavy atom. The van der Waals surface area contributed by atoms with Crippen molar-refractivity contribution >= 4 is 23.5 Å². The molecule has 1 aliphatic heterocycles. The van der Waals surface area contributed by atoms with Crippen molar-refractivity contribution in [2.24, 2.45) is 0 Å². The van der Waals surface area contributed by atoms with Crippen molar-refractivity contribution in [3.8, 4) is 0 Å². The third-order valence-corrected chi connectivity index (χ3v) is 3.23. The lowest BCUT2D eigenvalue weighted by molar-refractivity contribution is 0.824. The molecular formula is C6H16OS2. The second kappa shape index (κ2) is 11.5. The fourth-order valence-corrected chi connectivity index (χ4v) is 2.73. The van der Waals surface area contributed by atoms with Crippen LogP contribution in [-0.4, -0.2) is 22.1 Å². The Hall–Kier alpha value is 0.660. The first-order valence-electron chi connectivity index (χ1n) is 3.15. The maximum atomic E-state index is 2.06. The highest BCUT2D eigenvalue weighted by Gasteiger charge is 1.95. The summed E-state index contributed by atoms with van der Waals surface area (Å²) in [5.41, 5.74) is 0. The number of hydrogen-bond acceptors (Lipinski definition) is 2. The minimum Gasteiger partial charge on any atom is -0.412 e. The zero-order chi connectivity index (χ0) is 6.24. The molecule has 3 heteroatoms. The molecule has 0 aromatic heterocycles. The van der Waals surface area contributed by atoms with E-state index < -0.39 is 0 Å². The van der Waals surface area contributed by atoms with Gasteiger partial charge in [-0.2, -0.15) is 23.5 Å². The van der Waals surface area contributed by atoms with Crippen LogP contribution in [0.25, 0.3) is 0 Å².